The molecule has 3 N–H and O–H groups in total. The van der Waals surface area contributed by atoms with Gasteiger partial charge in [0.05, 0.1) is 21.6 Å². The minimum Gasteiger partial charge on any atom is -0.383 e. The van der Waals surface area contributed by atoms with E-state index < -0.39 is 0 Å². The summed E-state index contributed by atoms with van der Waals surface area (Å²) in [6, 6.07) is 14.9. The second kappa shape index (κ2) is 10.6. The Hall–Kier alpha value is -3.31. The Bertz CT molecular complexity index is 1650. The highest BCUT2D eigenvalue weighted by atomic mass is 35.5. The van der Waals surface area contributed by atoms with E-state index in [9.17, 15) is 0 Å². The van der Waals surface area contributed by atoms with Crippen molar-refractivity contribution < 1.29 is 0 Å². The van der Waals surface area contributed by atoms with Gasteiger partial charge in [-0.1, -0.05) is 35.1 Å². The Kier molecular flexibility index (Phi) is 6.79. The summed E-state index contributed by atoms with van der Waals surface area (Å²) in [5.41, 5.74) is 10.9. The maximum absolute atomic E-state index is 6.40. The molecule has 1 saturated carbocycles. The number of rotatable bonds is 5. The van der Waals surface area contributed by atoms with Gasteiger partial charge in [-0.3, -0.25) is 4.90 Å². The van der Waals surface area contributed by atoms with Gasteiger partial charge >= 0.3 is 0 Å². The third-order valence-electron chi connectivity index (χ3n) is 8.34. The van der Waals surface area contributed by atoms with Crippen LogP contribution in [0.4, 0.5) is 16.6 Å². The molecule has 2 aliphatic rings. The molecule has 1 aliphatic carbocycles. The lowest BCUT2D eigenvalue weighted by atomic mass is 9.90. The zero-order chi connectivity index (χ0) is 27.2. The molecular formula is C29H32ClN9S. The number of hydrogen-bond donors (Lipinski definition) is 2. The summed E-state index contributed by atoms with van der Waals surface area (Å²) in [5, 5.41) is 10.9. The number of nitrogens with one attached hydrogen (secondary N) is 1. The van der Waals surface area contributed by atoms with E-state index >= 15 is 0 Å². The standard InChI is InChI=1S/C29H32ClN9S/c1-37-12-14-38(15-13-37)21-7-9-22(10-8-21)39-28-25(27(31)32-17-33-28)26(36-39)18-2-5-20(6-3-18)34-29-35-23-11-4-19(30)16-24(23)40-29/h2-6,11,16-17,21-22H,7-10,12-15H2,1H3,(H,34,35)(H2,31,32,33). The third kappa shape index (κ3) is 4.89. The first-order chi connectivity index (χ1) is 19.5. The van der Waals surface area contributed by atoms with Gasteiger partial charge in [0, 0.05) is 48.5 Å². The first-order valence-corrected chi connectivity index (χ1v) is 15.1. The maximum Gasteiger partial charge on any atom is 0.188 e. The van der Waals surface area contributed by atoms with Gasteiger partial charge in [-0.2, -0.15) is 5.10 Å². The van der Waals surface area contributed by atoms with Gasteiger partial charge in [0.15, 0.2) is 10.8 Å². The summed E-state index contributed by atoms with van der Waals surface area (Å²) in [4.78, 5) is 18.7. The van der Waals surface area contributed by atoms with E-state index in [0.29, 0.717) is 22.9 Å². The fourth-order valence-corrected chi connectivity index (χ4v) is 7.26. The molecule has 0 radical (unpaired) electrons. The quantitative estimate of drug-likeness (QED) is 0.271. The highest BCUT2D eigenvalue weighted by Gasteiger charge is 2.30. The van der Waals surface area contributed by atoms with Crippen LogP contribution >= 0.6 is 22.9 Å². The molecule has 1 saturated heterocycles. The number of piperazine rings is 1. The third-order valence-corrected chi connectivity index (χ3v) is 9.51. The van der Waals surface area contributed by atoms with Crippen molar-refractivity contribution in [2.45, 2.75) is 37.8 Å². The lowest BCUT2D eigenvalue weighted by Crippen LogP contribution is -2.49. The van der Waals surface area contributed by atoms with Crippen LogP contribution in [0, 0.1) is 0 Å². The van der Waals surface area contributed by atoms with Crippen LogP contribution in [0.25, 0.3) is 32.5 Å². The molecule has 9 nitrogen and oxygen atoms in total. The average molecular weight is 574 g/mol. The van der Waals surface area contributed by atoms with Gasteiger partial charge in [-0.15, -0.1) is 0 Å². The normalized spacial score (nSPS) is 20.9. The minimum atomic E-state index is 0.308. The maximum atomic E-state index is 6.40. The molecule has 206 valence electrons. The summed E-state index contributed by atoms with van der Waals surface area (Å²) in [6.07, 6.45) is 6.10. The number of benzene rings is 2. The second-order valence-corrected chi connectivity index (χ2v) is 12.4. The first kappa shape index (κ1) is 25.6. The van der Waals surface area contributed by atoms with Crippen LogP contribution in [-0.4, -0.2) is 73.8 Å². The number of hydrogen-bond acceptors (Lipinski definition) is 9. The lowest BCUT2D eigenvalue weighted by Gasteiger charge is -2.41. The number of aromatic nitrogens is 5. The van der Waals surface area contributed by atoms with Gasteiger partial charge in [0.1, 0.15) is 17.8 Å². The number of anilines is 3. The highest BCUT2D eigenvalue weighted by molar-refractivity contribution is 7.22. The van der Waals surface area contributed by atoms with Crippen LogP contribution in [0.3, 0.4) is 0 Å². The van der Waals surface area contributed by atoms with Crippen molar-refractivity contribution in [3.05, 3.63) is 53.8 Å². The fraction of sp³-hybridized carbons (Fsp3) is 0.379. The number of likely N-dealkylation sites (N-methyl/N-ethyl adjacent to an activating group) is 1. The van der Waals surface area contributed by atoms with E-state index in [2.05, 4.69) is 53.9 Å². The largest absolute Gasteiger partial charge is 0.383 e. The van der Waals surface area contributed by atoms with Crippen molar-refractivity contribution in [1.29, 1.82) is 0 Å². The molecule has 40 heavy (non-hydrogen) atoms. The van der Waals surface area contributed by atoms with Crippen molar-refractivity contribution in [2.75, 3.05) is 44.3 Å². The molecular weight excluding hydrogens is 542 g/mol. The number of nitrogens with two attached hydrogens (primary N) is 1. The van der Waals surface area contributed by atoms with Gasteiger partial charge < -0.3 is 16.0 Å². The zero-order valence-electron chi connectivity index (χ0n) is 22.4. The van der Waals surface area contributed by atoms with Crippen molar-refractivity contribution in [1.82, 2.24) is 34.5 Å². The Labute approximate surface area is 242 Å². The van der Waals surface area contributed by atoms with Crippen LogP contribution < -0.4 is 11.1 Å². The molecule has 3 aromatic heterocycles. The highest BCUT2D eigenvalue weighted by Crippen LogP contribution is 2.38. The molecule has 0 bridgehead atoms. The summed E-state index contributed by atoms with van der Waals surface area (Å²) in [6.45, 7) is 4.66. The Morgan fingerprint density at radius 3 is 2.48 bits per heavy atom. The number of fused-ring (bicyclic) bond motifs is 2. The fourth-order valence-electron chi connectivity index (χ4n) is 6.09. The lowest BCUT2D eigenvalue weighted by molar-refractivity contribution is 0.0815. The number of thiazole rings is 1. The Balaban J connectivity index is 1.12. The van der Waals surface area contributed by atoms with Gasteiger partial charge in [-0.25, -0.2) is 19.6 Å². The minimum absolute atomic E-state index is 0.308. The predicted molar refractivity (Wildman–Crippen MR) is 163 cm³/mol. The van der Waals surface area contributed by atoms with Crippen molar-refractivity contribution >= 4 is 60.8 Å². The number of nitrogens with zero attached hydrogens (tertiary/aromatic N) is 7. The zero-order valence-corrected chi connectivity index (χ0v) is 24.0. The van der Waals surface area contributed by atoms with E-state index in [0.717, 1.165) is 69.3 Å². The van der Waals surface area contributed by atoms with Gasteiger partial charge in [-0.05, 0) is 63.1 Å². The topological polar surface area (TPSA) is 101 Å². The first-order valence-electron chi connectivity index (χ1n) is 13.9. The van der Waals surface area contributed by atoms with Crippen LogP contribution in [0.1, 0.15) is 31.7 Å². The molecule has 7 rings (SSSR count). The molecule has 0 unspecified atom stereocenters. The second-order valence-electron chi connectivity index (χ2n) is 10.9. The summed E-state index contributed by atoms with van der Waals surface area (Å²) in [7, 11) is 2.21. The van der Waals surface area contributed by atoms with E-state index in [1.807, 2.05) is 30.3 Å². The van der Waals surface area contributed by atoms with Gasteiger partial charge in [0.25, 0.3) is 0 Å². The molecule has 4 heterocycles. The molecule has 0 atom stereocenters. The SMILES string of the molecule is CN1CCN(C2CCC(n3nc(-c4ccc(Nc5nc6ccc(Cl)cc6s5)cc4)c4c(N)ncnc43)CC2)CC1. The van der Waals surface area contributed by atoms with E-state index in [4.69, 9.17) is 22.4 Å². The molecule has 2 fully saturated rings. The monoisotopic (exact) mass is 573 g/mol. The molecule has 0 amide bonds. The van der Waals surface area contributed by atoms with Crippen LogP contribution in [0.5, 0.6) is 0 Å². The van der Waals surface area contributed by atoms with Crippen molar-refractivity contribution in [3.63, 3.8) is 0 Å². The number of nitrogen functional groups attached to an aromatic ring is 1. The molecule has 2 aromatic carbocycles. The van der Waals surface area contributed by atoms with Crippen LogP contribution in [0.15, 0.2) is 48.8 Å². The summed E-state index contributed by atoms with van der Waals surface area (Å²) >= 11 is 7.72. The average Bonchev–Trinajstić information content (AvgIpc) is 3.56. The summed E-state index contributed by atoms with van der Waals surface area (Å²) in [5.74, 6) is 0.465. The molecule has 0 spiro atoms. The van der Waals surface area contributed by atoms with E-state index in [-0.39, 0.29) is 0 Å². The molecule has 5 aromatic rings. The van der Waals surface area contributed by atoms with E-state index in [1.165, 1.54) is 25.9 Å². The predicted octanol–water partition coefficient (Wildman–Crippen LogP) is 5.81. The molecule has 11 heteroatoms. The van der Waals surface area contributed by atoms with Crippen molar-refractivity contribution in [3.8, 4) is 11.3 Å². The van der Waals surface area contributed by atoms with Crippen molar-refractivity contribution in [2.24, 2.45) is 0 Å². The van der Waals surface area contributed by atoms with Crippen LogP contribution in [0.2, 0.25) is 5.02 Å². The van der Waals surface area contributed by atoms with Gasteiger partial charge in [0.2, 0.25) is 0 Å². The summed E-state index contributed by atoms with van der Waals surface area (Å²) < 4.78 is 3.16. The Morgan fingerprint density at radius 2 is 1.70 bits per heavy atom. The number of halogens is 1. The molecule has 1 aliphatic heterocycles. The van der Waals surface area contributed by atoms with E-state index in [1.54, 1.807) is 17.7 Å². The van der Waals surface area contributed by atoms with Crippen LogP contribution in [-0.2, 0) is 0 Å². The Morgan fingerprint density at radius 1 is 0.950 bits per heavy atom. The smallest absolute Gasteiger partial charge is 0.188 e.